The topological polar surface area (TPSA) is 142 Å². The zero-order valence-corrected chi connectivity index (χ0v) is 14.6. The molecule has 0 saturated heterocycles. The zero-order valence-electron chi connectivity index (χ0n) is 14.6. The second-order valence-corrected chi connectivity index (χ2v) is 5.52. The fourth-order valence-corrected chi connectivity index (χ4v) is 2.11. The Hall–Kier alpha value is -4.08. The lowest BCUT2D eigenvalue weighted by Gasteiger charge is -2.12. The van der Waals surface area contributed by atoms with E-state index in [1.165, 1.54) is 61.5 Å². The number of hydrogen-bond acceptors (Lipinski definition) is 7. The van der Waals surface area contributed by atoms with Crippen LogP contribution >= 0.6 is 0 Å². The minimum absolute atomic E-state index is 0.0122. The number of amides is 1. The van der Waals surface area contributed by atoms with Crippen LogP contribution in [0.25, 0.3) is 6.08 Å². The number of para-hydroxylation sites is 2. The number of nitro groups is 2. The minimum atomic E-state index is -1.20. The van der Waals surface area contributed by atoms with Crippen LogP contribution in [-0.4, -0.2) is 27.8 Å². The highest BCUT2D eigenvalue weighted by Gasteiger charge is 2.20. The van der Waals surface area contributed by atoms with E-state index in [4.69, 9.17) is 4.74 Å². The summed E-state index contributed by atoms with van der Waals surface area (Å²) >= 11 is 0. The van der Waals surface area contributed by atoms with Gasteiger partial charge in [0, 0.05) is 24.3 Å². The van der Waals surface area contributed by atoms with Gasteiger partial charge in [-0.15, -0.1) is 0 Å². The maximum Gasteiger partial charge on any atom is 0.331 e. The molecule has 0 saturated carbocycles. The van der Waals surface area contributed by atoms with Crippen LogP contribution in [0.4, 0.5) is 17.1 Å². The normalized spacial score (nSPS) is 11.6. The second kappa shape index (κ2) is 9.03. The summed E-state index contributed by atoms with van der Waals surface area (Å²) in [4.78, 5) is 44.3. The molecular formula is C18H15N3O7. The van der Waals surface area contributed by atoms with Gasteiger partial charge in [0.1, 0.15) is 5.69 Å². The van der Waals surface area contributed by atoms with Gasteiger partial charge in [0.2, 0.25) is 0 Å². The molecule has 0 aromatic heterocycles. The number of non-ortho nitro benzene ring substituents is 1. The summed E-state index contributed by atoms with van der Waals surface area (Å²) in [6.07, 6.45) is 1.24. The SMILES string of the molecule is C[C@H](OC(=O)/C=C/c1ccc([N+](=O)[O-])cc1)C(=O)Nc1ccccc1[N+](=O)[O-]. The number of nitro benzene ring substituents is 2. The number of esters is 1. The van der Waals surface area contributed by atoms with Gasteiger partial charge in [0.25, 0.3) is 17.3 Å². The Labute approximate surface area is 158 Å². The first-order valence-corrected chi connectivity index (χ1v) is 7.95. The van der Waals surface area contributed by atoms with Crippen LogP contribution < -0.4 is 5.32 Å². The average Bonchev–Trinajstić information content (AvgIpc) is 2.66. The Kier molecular flexibility index (Phi) is 6.53. The van der Waals surface area contributed by atoms with Crippen LogP contribution in [0, 0.1) is 20.2 Å². The van der Waals surface area contributed by atoms with E-state index >= 15 is 0 Å². The molecule has 2 aromatic rings. The first kappa shape index (κ1) is 20.2. The van der Waals surface area contributed by atoms with Crippen molar-refractivity contribution in [3.63, 3.8) is 0 Å². The molecule has 0 aliphatic carbocycles. The van der Waals surface area contributed by atoms with Crippen LogP contribution in [0.15, 0.2) is 54.6 Å². The molecule has 10 heteroatoms. The Morgan fingerprint density at radius 1 is 1.04 bits per heavy atom. The molecule has 1 amide bonds. The molecular weight excluding hydrogens is 370 g/mol. The summed E-state index contributed by atoms with van der Waals surface area (Å²) in [6.45, 7) is 1.32. The molecule has 0 bridgehead atoms. The van der Waals surface area contributed by atoms with Crippen molar-refractivity contribution in [2.75, 3.05) is 5.32 Å². The monoisotopic (exact) mass is 385 g/mol. The predicted molar refractivity (Wildman–Crippen MR) is 99.4 cm³/mol. The molecule has 144 valence electrons. The van der Waals surface area contributed by atoms with Gasteiger partial charge in [-0.2, -0.15) is 0 Å². The van der Waals surface area contributed by atoms with Crippen molar-refractivity contribution in [2.24, 2.45) is 0 Å². The number of nitrogens with one attached hydrogen (secondary N) is 1. The van der Waals surface area contributed by atoms with E-state index in [9.17, 15) is 29.8 Å². The quantitative estimate of drug-likeness (QED) is 0.334. The molecule has 0 unspecified atom stereocenters. The maximum absolute atomic E-state index is 12.1. The lowest BCUT2D eigenvalue weighted by Crippen LogP contribution is -2.29. The largest absolute Gasteiger partial charge is 0.449 e. The molecule has 1 N–H and O–H groups in total. The number of rotatable bonds is 7. The number of nitrogens with zero attached hydrogens (tertiary/aromatic N) is 2. The molecule has 28 heavy (non-hydrogen) atoms. The molecule has 0 aliphatic rings. The predicted octanol–water partition coefficient (Wildman–Crippen LogP) is 3.09. The smallest absolute Gasteiger partial charge is 0.331 e. The van der Waals surface area contributed by atoms with Crippen LogP contribution in [0.2, 0.25) is 0 Å². The molecule has 2 aromatic carbocycles. The summed E-state index contributed by atoms with van der Waals surface area (Å²) < 4.78 is 4.95. The lowest BCUT2D eigenvalue weighted by atomic mass is 10.2. The standard InChI is InChI=1S/C18H15N3O7/c1-12(18(23)19-15-4-2-3-5-16(15)21(26)27)28-17(22)11-8-13-6-9-14(10-7-13)20(24)25/h2-12H,1H3,(H,19,23)/b11-8+/t12-/m0/s1. The van der Waals surface area contributed by atoms with Crippen molar-refractivity contribution in [3.8, 4) is 0 Å². The van der Waals surface area contributed by atoms with Gasteiger partial charge in [-0.05, 0) is 36.8 Å². The van der Waals surface area contributed by atoms with E-state index in [1.807, 2.05) is 0 Å². The highest BCUT2D eigenvalue weighted by Crippen LogP contribution is 2.23. The first-order valence-electron chi connectivity index (χ1n) is 7.95. The van der Waals surface area contributed by atoms with Crippen LogP contribution in [0.5, 0.6) is 0 Å². The fourth-order valence-electron chi connectivity index (χ4n) is 2.11. The lowest BCUT2D eigenvalue weighted by molar-refractivity contribution is -0.384. The van der Waals surface area contributed by atoms with Gasteiger partial charge in [0.15, 0.2) is 6.10 Å². The Morgan fingerprint density at radius 2 is 1.68 bits per heavy atom. The molecule has 2 rings (SSSR count). The maximum atomic E-state index is 12.1. The van der Waals surface area contributed by atoms with Crippen LogP contribution in [-0.2, 0) is 14.3 Å². The van der Waals surface area contributed by atoms with E-state index in [0.29, 0.717) is 5.56 Å². The summed E-state index contributed by atoms with van der Waals surface area (Å²) in [5, 5.41) is 23.9. The Morgan fingerprint density at radius 3 is 2.29 bits per heavy atom. The van der Waals surface area contributed by atoms with Gasteiger partial charge in [0.05, 0.1) is 9.85 Å². The van der Waals surface area contributed by atoms with Crippen molar-refractivity contribution in [1.82, 2.24) is 0 Å². The fraction of sp³-hybridized carbons (Fsp3) is 0.111. The van der Waals surface area contributed by atoms with Gasteiger partial charge in [-0.1, -0.05) is 12.1 Å². The third kappa shape index (κ3) is 5.46. The number of anilines is 1. The van der Waals surface area contributed by atoms with Crippen molar-refractivity contribution in [1.29, 1.82) is 0 Å². The van der Waals surface area contributed by atoms with E-state index in [2.05, 4.69) is 5.32 Å². The molecule has 0 aliphatic heterocycles. The number of carbonyl (C=O) groups excluding carboxylic acids is 2. The Balaban J connectivity index is 1.95. The van der Waals surface area contributed by atoms with Crippen molar-refractivity contribution in [2.45, 2.75) is 13.0 Å². The third-order valence-corrected chi connectivity index (χ3v) is 3.54. The summed E-state index contributed by atoms with van der Waals surface area (Å²) in [5.41, 5.74) is 0.147. The van der Waals surface area contributed by atoms with Crippen molar-refractivity contribution in [3.05, 3.63) is 80.4 Å². The number of ether oxygens (including phenoxy) is 1. The molecule has 1 atom stereocenters. The van der Waals surface area contributed by atoms with E-state index in [1.54, 1.807) is 0 Å². The number of carbonyl (C=O) groups is 2. The van der Waals surface area contributed by atoms with Gasteiger partial charge >= 0.3 is 5.97 Å². The summed E-state index contributed by atoms with van der Waals surface area (Å²) in [7, 11) is 0. The number of hydrogen-bond donors (Lipinski definition) is 1. The molecule has 0 spiro atoms. The Bertz CT molecular complexity index is 938. The zero-order chi connectivity index (χ0) is 20.7. The van der Waals surface area contributed by atoms with E-state index in [-0.39, 0.29) is 17.1 Å². The van der Waals surface area contributed by atoms with Crippen LogP contribution in [0.3, 0.4) is 0 Å². The second-order valence-electron chi connectivity index (χ2n) is 5.52. The summed E-state index contributed by atoms with van der Waals surface area (Å²) in [5.74, 6) is -1.55. The van der Waals surface area contributed by atoms with E-state index < -0.39 is 27.8 Å². The van der Waals surface area contributed by atoms with Gasteiger partial charge in [-0.3, -0.25) is 25.0 Å². The van der Waals surface area contributed by atoms with E-state index in [0.717, 1.165) is 6.08 Å². The molecule has 0 fully saturated rings. The average molecular weight is 385 g/mol. The molecule has 0 heterocycles. The highest BCUT2D eigenvalue weighted by molar-refractivity contribution is 5.98. The molecule has 10 nitrogen and oxygen atoms in total. The molecule has 0 radical (unpaired) electrons. The number of benzene rings is 2. The van der Waals surface area contributed by atoms with Gasteiger partial charge in [-0.25, -0.2) is 4.79 Å². The first-order chi connectivity index (χ1) is 13.3. The van der Waals surface area contributed by atoms with Gasteiger partial charge < -0.3 is 10.1 Å². The van der Waals surface area contributed by atoms with Crippen LogP contribution in [0.1, 0.15) is 12.5 Å². The third-order valence-electron chi connectivity index (χ3n) is 3.54. The highest BCUT2D eigenvalue weighted by atomic mass is 16.6. The summed E-state index contributed by atoms with van der Waals surface area (Å²) in [6, 6.07) is 11.0. The van der Waals surface area contributed by atoms with Crippen molar-refractivity contribution < 1.29 is 24.2 Å². The minimum Gasteiger partial charge on any atom is -0.449 e. The van der Waals surface area contributed by atoms with Crippen molar-refractivity contribution >= 4 is 35.0 Å².